The van der Waals surface area contributed by atoms with E-state index in [2.05, 4.69) is 11.1 Å². The van der Waals surface area contributed by atoms with Crippen molar-refractivity contribution in [1.82, 2.24) is 0 Å². The molecule has 0 aromatic heterocycles. The summed E-state index contributed by atoms with van der Waals surface area (Å²) < 4.78 is 0. The van der Waals surface area contributed by atoms with E-state index in [4.69, 9.17) is 11.0 Å². The molecule has 0 saturated heterocycles. The second kappa shape index (κ2) is 5.48. The number of nitrogens with zero attached hydrogens (tertiary/aromatic N) is 2. The molecule has 3 nitrogen and oxygen atoms in total. The highest BCUT2D eigenvalue weighted by molar-refractivity contribution is 6.01. The first-order valence-electron chi connectivity index (χ1n) is 6.59. The van der Waals surface area contributed by atoms with E-state index in [1.165, 1.54) is 0 Å². The third-order valence-corrected chi connectivity index (χ3v) is 3.33. The molecule has 3 heteroatoms. The van der Waals surface area contributed by atoms with Crippen molar-refractivity contribution in [2.24, 2.45) is 4.99 Å². The third-order valence-electron chi connectivity index (χ3n) is 3.33. The van der Waals surface area contributed by atoms with Gasteiger partial charge in [0.1, 0.15) is 0 Å². The molecule has 0 bridgehead atoms. The highest BCUT2D eigenvalue weighted by Gasteiger charge is 2.01. The summed E-state index contributed by atoms with van der Waals surface area (Å²) in [5.41, 5.74) is 9.21. The number of anilines is 1. The lowest BCUT2D eigenvalue weighted by Crippen LogP contribution is -1.87. The first kappa shape index (κ1) is 12.9. The van der Waals surface area contributed by atoms with Crippen molar-refractivity contribution in [3.63, 3.8) is 0 Å². The van der Waals surface area contributed by atoms with Crippen LogP contribution in [0.25, 0.3) is 10.8 Å². The molecular weight excluding hydrogens is 258 g/mol. The number of nitrogen functional groups attached to an aromatic ring is 1. The van der Waals surface area contributed by atoms with Crippen LogP contribution in [0.4, 0.5) is 11.4 Å². The molecule has 0 aliphatic carbocycles. The highest BCUT2D eigenvalue weighted by atomic mass is 14.7. The van der Waals surface area contributed by atoms with Gasteiger partial charge in [-0.3, -0.25) is 4.99 Å². The molecule has 0 radical (unpaired) electrons. The van der Waals surface area contributed by atoms with Crippen molar-refractivity contribution < 1.29 is 0 Å². The topological polar surface area (TPSA) is 62.2 Å². The molecule has 0 aliphatic rings. The van der Waals surface area contributed by atoms with Crippen LogP contribution in [0, 0.1) is 11.3 Å². The number of nitrogens with two attached hydrogens (primary N) is 1. The van der Waals surface area contributed by atoms with E-state index >= 15 is 0 Å². The fourth-order valence-corrected chi connectivity index (χ4v) is 2.21. The van der Waals surface area contributed by atoms with Crippen molar-refractivity contribution in [2.75, 3.05) is 5.73 Å². The number of rotatable bonds is 2. The van der Waals surface area contributed by atoms with Crippen LogP contribution in [0.1, 0.15) is 11.1 Å². The molecule has 3 aromatic carbocycles. The number of nitriles is 1. The Morgan fingerprint density at radius 1 is 0.905 bits per heavy atom. The Hall–Kier alpha value is -3.12. The minimum absolute atomic E-state index is 0.644. The van der Waals surface area contributed by atoms with E-state index in [-0.39, 0.29) is 0 Å². The number of hydrogen-bond acceptors (Lipinski definition) is 3. The van der Waals surface area contributed by atoms with Gasteiger partial charge in [-0.25, -0.2) is 0 Å². The van der Waals surface area contributed by atoms with Crippen molar-refractivity contribution >= 4 is 28.4 Å². The van der Waals surface area contributed by atoms with Gasteiger partial charge in [0.15, 0.2) is 0 Å². The monoisotopic (exact) mass is 271 g/mol. The van der Waals surface area contributed by atoms with Crippen LogP contribution in [-0.4, -0.2) is 6.21 Å². The fourth-order valence-electron chi connectivity index (χ4n) is 2.21. The van der Waals surface area contributed by atoms with Gasteiger partial charge >= 0.3 is 0 Å². The van der Waals surface area contributed by atoms with Gasteiger partial charge in [0.25, 0.3) is 0 Å². The molecule has 0 amide bonds. The minimum Gasteiger partial charge on any atom is -0.398 e. The summed E-state index contributed by atoms with van der Waals surface area (Å²) in [6.45, 7) is 0. The molecule has 0 atom stereocenters. The van der Waals surface area contributed by atoms with Crippen molar-refractivity contribution in [3.8, 4) is 6.07 Å². The van der Waals surface area contributed by atoms with Gasteiger partial charge in [0, 0.05) is 22.7 Å². The summed E-state index contributed by atoms with van der Waals surface area (Å²) in [4.78, 5) is 4.54. The van der Waals surface area contributed by atoms with E-state index in [1.54, 1.807) is 18.3 Å². The Morgan fingerprint density at radius 2 is 1.62 bits per heavy atom. The largest absolute Gasteiger partial charge is 0.398 e. The third kappa shape index (κ3) is 2.60. The van der Waals surface area contributed by atoms with Crippen LogP contribution in [0.15, 0.2) is 65.7 Å². The van der Waals surface area contributed by atoms with E-state index in [1.807, 2.05) is 48.5 Å². The highest BCUT2D eigenvalue weighted by Crippen LogP contribution is 2.29. The lowest BCUT2D eigenvalue weighted by Gasteiger charge is -2.04. The predicted molar refractivity (Wildman–Crippen MR) is 86.8 cm³/mol. The molecule has 0 aliphatic heterocycles. The fraction of sp³-hybridized carbons (Fsp3) is 0. The Kier molecular flexibility index (Phi) is 3.36. The van der Waals surface area contributed by atoms with Crippen molar-refractivity contribution in [1.29, 1.82) is 5.26 Å². The van der Waals surface area contributed by atoms with Gasteiger partial charge in [-0.15, -0.1) is 0 Å². The lowest BCUT2D eigenvalue weighted by atomic mass is 10.1. The quantitative estimate of drug-likeness (QED) is 0.564. The van der Waals surface area contributed by atoms with Crippen LogP contribution in [0.2, 0.25) is 0 Å². The molecule has 3 aromatic rings. The number of aliphatic imine (C=N–C) groups is 1. The molecule has 0 spiro atoms. The standard InChI is InChI=1S/C18H13N3/c19-11-13-5-7-14(8-6-13)12-21-18-10-9-17(20)15-3-1-2-4-16(15)18/h1-10,12H,20H2/b21-12+. The molecule has 21 heavy (non-hydrogen) atoms. The van der Waals surface area contributed by atoms with E-state index in [0.717, 1.165) is 27.7 Å². The minimum atomic E-state index is 0.644. The molecule has 0 heterocycles. The Labute approximate surface area is 123 Å². The maximum Gasteiger partial charge on any atom is 0.0991 e. The van der Waals surface area contributed by atoms with E-state index in [9.17, 15) is 0 Å². The average Bonchev–Trinajstić information content (AvgIpc) is 2.55. The summed E-state index contributed by atoms with van der Waals surface area (Å²) in [7, 11) is 0. The van der Waals surface area contributed by atoms with E-state index < -0.39 is 0 Å². The van der Waals surface area contributed by atoms with Gasteiger partial charge < -0.3 is 5.73 Å². The van der Waals surface area contributed by atoms with Crippen LogP contribution >= 0.6 is 0 Å². The summed E-state index contributed by atoms with van der Waals surface area (Å²) in [5, 5.41) is 10.8. The zero-order chi connectivity index (χ0) is 14.7. The molecule has 3 rings (SSSR count). The maximum absolute atomic E-state index is 8.79. The lowest BCUT2D eigenvalue weighted by molar-refractivity contribution is 1.48. The second-order valence-corrected chi connectivity index (χ2v) is 4.71. The van der Waals surface area contributed by atoms with Crippen LogP contribution in [0.3, 0.4) is 0 Å². The SMILES string of the molecule is N#Cc1ccc(/C=N/c2ccc(N)c3ccccc23)cc1. The summed E-state index contributed by atoms with van der Waals surface area (Å²) in [5.74, 6) is 0. The second-order valence-electron chi connectivity index (χ2n) is 4.71. The van der Waals surface area contributed by atoms with E-state index in [0.29, 0.717) is 5.56 Å². The summed E-state index contributed by atoms with van der Waals surface area (Å²) in [6.07, 6.45) is 1.79. The van der Waals surface area contributed by atoms with Crippen molar-refractivity contribution in [2.45, 2.75) is 0 Å². The molecule has 2 N–H and O–H groups in total. The van der Waals surface area contributed by atoms with Crippen LogP contribution < -0.4 is 5.73 Å². The first-order chi connectivity index (χ1) is 10.3. The Bertz CT molecular complexity index is 856. The van der Waals surface area contributed by atoms with Gasteiger partial charge in [-0.05, 0) is 29.8 Å². The summed E-state index contributed by atoms with van der Waals surface area (Å²) in [6, 6.07) is 21.1. The zero-order valence-corrected chi connectivity index (χ0v) is 11.3. The zero-order valence-electron chi connectivity index (χ0n) is 11.3. The van der Waals surface area contributed by atoms with Gasteiger partial charge in [0.05, 0.1) is 17.3 Å². The first-order valence-corrected chi connectivity index (χ1v) is 6.59. The Morgan fingerprint density at radius 3 is 2.33 bits per heavy atom. The number of hydrogen-bond donors (Lipinski definition) is 1. The normalized spacial score (nSPS) is 10.8. The number of fused-ring (bicyclic) bond motifs is 1. The molecule has 0 fully saturated rings. The maximum atomic E-state index is 8.79. The van der Waals surface area contributed by atoms with Crippen molar-refractivity contribution in [3.05, 3.63) is 71.8 Å². The average molecular weight is 271 g/mol. The summed E-state index contributed by atoms with van der Waals surface area (Å²) >= 11 is 0. The van der Waals surface area contributed by atoms with Gasteiger partial charge in [0.2, 0.25) is 0 Å². The van der Waals surface area contributed by atoms with Gasteiger partial charge in [-0.2, -0.15) is 5.26 Å². The molecule has 100 valence electrons. The van der Waals surface area contributed by atoms with Gasteiger partial charge in [-0.1, -0.05) is 36.4 Å². The van der Waals surface area contributed by atoms with Crippen LogP contribution in [-0.2, 0) is 0 Å². The van der Waals surface area contributed by atoms with Crippen LogP contribution in [0.5, 0.6) is 0 Å². The molecular formula is C18H13N3. The Balaban J connectivity index is 1.99. The molecule has 0 saturated carbocycles. The molecule has 0 unspecified atom stereocenters. The smallest absolute Gasteiger partial charge is 0.0991 e. The predicted octanol–water partition coefficient (Wildman–Crippen LogP) is 4.04. The number of benzene rings is 3.